The van der Waals surface area contributed by atoms with E-state index in [9.17, 15) is 0 Å². The summed E-state index contributed by atoms with van der Waals surface area (Å²) in [5, 5.41) is 3.44. The van der Waals surface area contributed by atoms with Gasteiger partial charge in [0.05, 0.1) is 6.61 Å². The van der Waals surface area contributed by atoms with Crippen LogP contribution in [0.4, 0.5) is 5.69 Å². The number of hydrogen-bond acceptors (Lipinski definition) is 5. The zero-order valence-corrected chi connectivity index (χ0v) is 14.6. The van der Waals surface area contributed by atoms with Crippen molar-refractivity contribution in [2.24, 2.45) is 5.73 Å². The molecule has 0 aliphatic heterocycles. The van der Waals surface area contributed by atoms with Crippen molar-refractivity contribution in [3.63, 3.8) is 0 Å². The smallest absolute Gasteiger partial charge is 0.107 e. The number of thiocarbonyl (C=S) groups is 1. The normalized spacial score (nSPS) is 10.9. The molecule has 1 rings (SSSR count). The van der Waals surface area contributed by atoms with Gasteiger partial charge in [-0.2, -0.15) is 0 Å². The summed E-state index contributed by atoms with van der Waals surface area (Å²) in [5.41, 5.74) is 7.87. The summed E-state index contributed by atoms with van der Waals surface area (Å²) in [7, 11) is 3.80. The molecule has 0 saturated carbocycles. The molecule has 0 bridgehead atoms. The van der Waals surface area contributed by atoms with E-state index in [2.05, 4.69) is 30.3 Å². The Kier molecular flexibility index (Phi) is 8.68. The van der Waals surface area contributed by atoms with E-state index >= 15 is 0 Å². The van der Waals surface area contributed by atoms with Crippen LogP contribution in [0.3, 0.4) is 0 Å². The molecule has 118 valence electrons. The number of thioether (sulfide) groups is 1. The number of nitrogens with two attached hydrogens (primary N) is 1. The van der Waals surface area contributed by atoms with Gasteiger partial charge in [0.15, 0.2) is 0 Å². The molecular weight excluding hydrogens is 302 g/mol. The molecule has 0 amide bonds. The predicted octanol–water partition coefficient (Wildman–Crippen LogP) is 2.42. The number of anilines is 1. The van der Waals surface area contributed by atoms with Crippen LogP contribution in [0.5, 0.6) is 0 Å². The average Bonchev–Trinajstić information content (AvgIpc) is 2.45. The Hall–Kier alpha value is -0.820. The van der Waals surface area contributed by atoms with Crippen molar-refractivity contribution < 1.29 is 4.74 Å². The second kappa shape index (κ2) is 10.00. The summed E-state index contributed by atoms with van der Waals surface area (Å²) >= 11 is 6.97. The first-order valence-electron chi connectivity index (χ1n) is 7.07. The van der Waals surface area contributed by atoms with E-state index in [0.717, 1.165) is 48.1 Å². The van der Waals surface area contributed by atoms with Gasteiger partial charge in [0.25, 0.3) is 0 Å². The number of ether oxygens (including phenoxy) is 1. The highest BCUT2D eigenvalue weighted by Gasteiger charge is 2.11. The third-order valence-corrected chi connectivity index (χ3v) is 4.20. The standard InChI is InChI=1S/C15H25N3OS2/c1-4-21-13-7-5-6-12(14(13)15(16)20)17-8-9-18(2)10-11-19-3/h5-7,17H,4,8-11H2,1-3H3,(H2,16,20). The van der Waals surface area contributed by atoms with Crippen LogP contribution in [0.15, 0.2) is 23.1 Å². The van der Waals surface area contributed by atoms with Crippen LogP contribution in [-0.4, -0.2) is 56.0 Å². The van der Waals surface area contributed by atoms with Gasteiger partial charge in [-0.3, -0.25) is 0 Å². The Morgan fingerprint density at radius 2 is 2.19 bits per heavy atom. The van der Waals surface area contributed by atoms with Crippen LogP contribution in [0.1, 0.15) is 12.5 Å². The van der Waals surface area contributed by atoms with Gasteiger partial charge in [0.1, 0.15) is 4.99 Å². The van der Waals surface area contributed by atoms with Crippen LogP contribution in [-0.2, 0) is 4.74 Å². The Morgan fingerprint density at radius 3 is 2.81 bits per heavy atom. The van der Waals surface area contributed by atoms with E-state index in [1.807, 2.05) is 12.1 Å². The minimum atomic E-state index is 0.446. The second-order valence-corrected chi connectivity index (χ2v) is 6.44. The monoisotopic (exact) mass is 327 g/mol. The van der Waals surface area contributed by atoms with E-state index in [1.165, 1.54) is 0 Å². The Bertz CT molecular complexity index is 455. The lowest BCUT2D eigenvalue weighted by atomic mass is 10.1. The number of nitrogens with one attached hydrogen (secondary N) is 1. The largest absolute Gasteiger partial charge is 0.389 e. The van der Waals surface area contributed by atoms with Gasteiger partial charge in [-0.25, -0.2) is 0 Å². The fourth-order valence-corrected chi connectivity index (χ4v) is 3.08. The predicted molar refractivity (Wildman–Crippen MR) is 96.6 cm³/mol. The molecule has 6 heteroatoms. The maximum absolute atomic E-state index is 5.89. The van der Waals surface area contributed by atoms with E-state index in [0.29, 0.717) is 4.99 Å². The number of likely N-dealkylation sites (N-methyl/N-ethyl adjacent to an activating group) is 1. The summed E-state index contributed by atoms with van der Waals surface area (Å²) < 4.78 is 5.07. The average molecular weight is 328 g/mol. The van der Waals surface area contributed by atoms with Crippen molar-refractivity contribution in [3.8, 4) is 0 Å². The number of rotatable bonds is 10. The van der Waals surface area contributed by atoms with Gasteiger partial charge in [0.2, 0.25) is 0 Å². The molecule has 0 radical (unpaired) electrons. The topological polar surface area (TPSA) is 50.5 Å². The van der Waals surface area contributed by atoms with Gasteiger partial charge in [0, 0.05) is 42.9 Å². The molecule has 3 N–H and O–H groups in total. The molecular formula is C15H25N3OS2. The zero-order valence-electron chi connectivity index (χ0n) is 13.0. The first-order valence-corrected chi connectivity index (χ1v) is 8.46. The van der Waals surface area contributed by atoms with Crippen LogP contribution in [0.2, 0.25) is 0 Å². The van der Waals surface area contributed by atoms with Gasteiger partial charge >= 0.3 is 0 Å². The maximum atomic E-state index is 5.89. The molecule has 0 heterocycles. The minimum Gasteiger partial charge on any atom is -0.389 e. The molecule has 0 fully saturated rings. The molecule has 21 heavy (non-hydrogen) atoms. The SMILES string of the molecule is CCSc1cccc(NCCN(C)CCOC)c1C(N)=S. The highest BCUT2D eigenvalue weighted by molar-refractivity contribution is 7.99. The van der Waals surface area contributed by atoms with Crippen LogP contribution < -0.4 is 11.1 Å². The van der Waals surface area contributed by atoms with E-state index in [1.54, 1.807) is 18.9 Å². The Labute approximate surface area is 137 Å². The van der Waals surface area contributed by atoms with Gasteiger partial charge in [-0.15, -0.1) is 11.8 Å². The van der Waals surface area contributed by atoms with Gasteiger partial charge in [-0.05, 0) is 24.9 Å². The Balaban J connectivity index is 2.66. The lowest BCUT2D eigenvalue weighted by Crippen LogP contribution is -2.28. The summed E-state index contributed by atoms with van der Waals surface area (Å²) in [6.07, 6.45) is 0. The lowest BCUT2D eigenvalue weighted by Gasteiger charge is -2.18. The van der Waals surface area contributed by atoms with Crippen molar-refractivity contribution in [3.05, 3.63) is 23.8 Å². The molecule has 1 aromatic rings. The lowest BCUT2D eigenvalue weighted by molar-refractivity contribution is 0.163. The fraction of sp³-hybridized carbons (Fsp3) is 0.533. The van der Waals surface area contributed by atoms with Crippen molar-refractivity contribution in [2.45, 2.75) is 11.8 Å². The van der Waals surface area contributed by atoms with E-state index in [4.69, 9.17) is 22.7 Å². The van der Waals surface area contributed by atoms with E-state index in [-0.39, 0.29) is 0 Å². The third-order valence-electron chi connectivity index (χ3n) is 3.06. The first-order chi connectivity index (χ1) is 10.1. The molecule has 0 unspecified atom stereocenters. The number of hydrogen-bond donors (Lipinski definition) is 2. The molecule has 0 aromatic heterocycles. The first kappa shape index (κ1) is 18.2. The van der Waals surface area contributed by atoms with E-state index < -0.39 is 0 Å². The molecule has 0 spiro atoms. The summed E-state index contributed by atoms with van der Waals surface area (Å²) in [6.45, 7) is 5.57. The van der Waals surface area contributed by atoms with Gasteiger partial charge < -0.3 is 20.7 Å². The van der Waals surface area contributed by atoms with Gasteiger partial charge in [-0.1, -0.05) is 25.2 Å². The highest BCUT2D eigenvalue weighted by atomic mass is 32.2. The van der Waals surface area contributed by atoms with Crippen LogP contribution >= 0.6 is 24.0 Å². The number of benzene rings is 1. The molecule has 0 aliphatic carbocycles. The minimum absolute atomic E-state index is 0.446. The summed E-state index contributed by atoms with van der Waals surface area (Å²) in [5.74, 6) is 0.999. The van der Waals surface area contributed by atoms with Crippen molar-refractivity contribution in [1.82, 2.24) is 4.90 Å². The Morgan fingerprint density at radius 1 is 1.43 bits per heavy atom. The number of nitrogens with zero attached hydrogens (tertiary/aromatic N) is 1. The van der Waals surface area contributed by atoms with Crippen molar-refractivity contribution in [1.29, 1.82) is 0 Å². The van der Waals surface area contributed by atoms with Crippen LogP contribution in [0, 0.1) is 0 Å². The fourth-order valence-electron chi connectivity index (χ4n) is 1.95. The number of methoxy groups -OCH3 is 1. The maximum Gasteiger partial charge on any atom is 0.107 e. The summed E-state index contributed by atoms with van der Waals surface area (Å²) in [6, 6.07) is 6.14. The van der Waals surface area contributed by atoms with Crippen molar-refractivity contribution >= 4 is 34.7 Å². The molecule has 0 saturated heterocycles. The van der Waals surface area contributed by atoms with Crippen molar-refractivity contribution in [2.75, 3.05) is 51.5 Å². The molecule has 1 aromatic carbocycles. The highest BCUT2D eigenvalue weighted by Crippen LogP contribution is 2.28. The second-order valence-electron chi connectivity index (χ2n) is 4.70. The summed E-state index contributed by atoms with van der Waals surface area (Å²) in [4.78, 5) is 3.81. The third kappa shape index (κ3) is 6.22. The zero-order chi connectivity index (χ0) is 15.7. The quantitative estimate of drug-likeness (QED) is 0.508. The molecule has 0 aliphatic rings. The van der Waals surface area contributed by atoms with Crippen LogP contribution in [0.25, 0.3) is 0 Å². The molecule has 0 atom stereocenters. The molecule has 4 nitrogen and oxygen atoms in total.